The lowest BCUT2D eigenvalue weighted by Gasteiger charge is -2.21. The van der Waals surface area contributed by atoms with Gasteiger partial charge in [-0.1, -0.05) is 6.07 Å². The van der Waals surface area contributed by atoms with Gasteiger partial charge in [0.1, 0.15) is 5.65 Å². The number of hydrogen-bond donors (Lipinski definition) is 1. The third-order valence-corrected chi connectivity index (χ3v) is 3.82. The topological polar surface area (TPSA) is 40.8 Å². The smallest absolute Gasteiger partial charge is 0.137 e. The summed E-state index contributed by atoms with van der Waals surface area (Å²) in [5.41, 5.74) is 3.29. The van der Waals surface area contributed by atoms with Crippen molar-refractivity contribution in [2.75, 3.05) is 13.2 Å². The number of aliphatic hydroxyl groups excluding tert-OH is 1. The van der Waals surface area contributed by atoms with E-state index in [1.54, 1.807) is 0 Å². The number of imidazole rings is 1. The molecule has 18 heavy (non-hydrogen) atoms. The predicted octanol–water partition coefficient (Wildman–Crippen LogP) is 1.60. The van der Waals surface area contributed by atoms with Crippen LogP contribution in [-0.2, 0) is 6.54 Å². The molecular formula is C14H19N3O. The second-order valence-electron chi connectivity index (χ2n) is 5.08. The van der Waals surface area contributed by atoms with Crippen molar-refractivity contribution in [2.24, 2.45) is 0 Å². The molecule has 0 amide bonds. The van der Waals surface area contributed by atoms with Crippen LogP contribution in [0.3, 0.4) is 0 Å². The zero-order valence-corrected chi connectivity index (χ0v) is 10.7. The van der Waals surface area contributed by atoms with Crippen LogP contribution in [0, 0.1) is 6.92 Å². The van der Waals surface area contributed by atoms with Gasteiger partial charge in [0.2, 0.25) is 0 Å². The van der Waals surface area contributed by atoms with Crippen LogP contribution in [0.1, 0.15) is 24.2 Å². The summed E-state index contributed by atoms with van der Waals surface area (Å²) in [5, 5.41) is 9.33. The first kappa shape index (κ1) is 11.7. The molecule has 0 aliphatic carbocycles. The van der Waals surface area contributed by atoms with E-state index >= 15 is 0 Å². The van der Waals surface area contributed by atoms with Crippen LogP contribution < -0.4 is 0 Å². The Morgan fingerprint density at radius 3 is 3.11 bits per heavy atom. The number of likely N-dealkylation sites (tertiary alicyclic amines) is 1. The molecule has 1 aliphatic rings. The summed E-state index contributed by atoms with van der Waals surface area (Å²) in [6, 6.07) is 6.47. The first-order chi connectivity index (χ1) is 8.78. The Bertz CT molecular complexity index is 549. The number of pyridine rings is 1. The summed E-state index contributed by atoms with van der Waals surface area (Å²) in [6.07, 6.45) is 4.39. The van der Waals surface area contributed by atoms with Crippen molar-refractivity contribution in [2.45, 2.75) is 32.4 Å². The van der Waals surface area contributed by atoms with Crippen molar-refractivity contribution in [3.05, 3.63) is 35.8 Å². The number of rotatable bonds is 3. The minimum Gasteiger partial charge on any atom is -0.395 e. The molecule has 1 N–H and O–H groups in total. The Kier molecular flexibility index (Phi) is 3.06. The molecule has 3 rings (SSSR count). The molecule has 0 bridgehead atoms. The van der Waals surface area contributed by atoms with Gasteiger partial charge < -0.3 is 9.51 Å². The van der Waals surface area contributed by atoms with E-state index in [9.17, 15) is 5.11 Å². The van der Waals surface area contributed by atoms with Gasteiger partial charge in [0.15, 0.2) is 0 Å². The Hall–Kier alpha value is -1.39. The maximum atomic E-state index is 9.33. The molecular weight excluding hydrogens is 226 g/mol. The fourth-order valence-electron chi connectivity index (χ4n) is 2.79. The van der Waals surface area contributed by atoms with E-state index < -0.39 is 0 Å². The Morgan fingerprint density at radius 1 is 1.44 bits per heavy atom. The second kappa shape index (κ2) is 4.71. The monoisotopic (exact) mass is 245 g/mol. The van der Waals surface area contributed by atoms with Crippen molar-refractivity contribution in [1.82, 2.24) is 14.3 Å². The number of aliphatic hydroxyl groups is 1. The molecule has 2 aromatic rings. The largest absolute Gasteiger partial charge is 0.395 e. The maximum Gasteiger partial charge on any atom is 0.137 e. The van der Waals surface area contributed by atoms with E-state index in [0.29, 0.717) is 6.04 Å². The number of aromatic nitrogens is 2. The van der Waals surface area contributed by atoms with Crippen LogP contribution in [0.25, 0.3) is 5.65 Å². The fraction of sp³-hybridized carbons (Fsp3) is 0.500. The second-order valence-corrected chi connectivity index (χ2v) is 5.08. The molecule has 2 aromatic heterocycles. The average molecular weight is 245 g/mol. The Labute approximate surface area is 107 Å². The van der Waals surface area contributed by atoms with Crippen LogP contribution in [0.15, 0.2) is 24.4 Å². The van der Waals surface area contributed by atoms with Crippen LogP contribution in [-0.4, -0.2) is 38.6 Å². The lowest BCUT2D eigenvalue weighted by molar-refractivity contribution is 0.152. The quantitative estimate of drug-likeness (QED) is 0.893. The van der Waals surface area contributed by atoms with E-state index in [1.165, 1.54) is 12.1 Å². The molecule has 1 atom stereocenters. The van der Waals surface area contributed by atoms with Gasteiger partial charge in [-0.3, -0.25) is 4.90 Å². The molecule has 4 heteroatoms. The van der Waals surface area contributed by atoms with E-state index in [4.69, 9.17) is 0 Å². The maximum absolute atomic E-state index is 9.33. The highest BCUT2D eigenvalue weighted by Gasteiger charge is 2.24. The third kappa shape index (κ3) is 2.02. The summed E-state index contributed by atoms with van der Waals surface area (Å²) in [5.74, 6) is 0. The standard InChI is InChI=1S/C14H19N3O/c1-11-4-2-6-14-15-12(9-17(11)14)8-16-7-3-5-13(16)10-18/h2,4,6,9,13,18H,3,5,7-8,10H2,1H3/t13-/m1/s1. The van der Waals surface area contributed by atoms with Gasteiger partial charge >= 0.3 is 0 Å². The average Bonchev–Trinajstić information content (AvgIpc) is 2.96. The van der Waals surface area contributed by atoms with Crippen molar-refractivity contribution in [1.29, 1.82) is 0 Å². The highest BCUT2D eigenvalue weighted by atomic mass is 16.3. The van der Waals surface area contributed by atoms with Crippen LogP contribution in [0.4, 0.5) is 0 Å². The van der Waals surface area contributed by atoms with E-state index in [-0.39, 0.29) is 6.61 Å². The number of hydrogen-bond acceptors (Lipinski definition) is 3. The molecule has 0 spiro atoms. The van der Waals surface area contributed by atoms with Crippen LogP contribution in [0.5, 0.6) is 0 Å². The highest BCUT2D eigenvalue weighted by Crippen LogP contribution is 2.19. The molecule has 0 aromatic carbocycles. The molecule has 0 radical (unpaired) electrons. The van der Waals surface area contributed by atoms with Crippen molar-refractivity contribution < 1.29 is 5.11 Å². The van der Waals surface area contributed by atoms with E-state index in [2.05, 4.69) is 33.5 Å². The summed E-state index contributed by atoms with van der Waals surface area (Å²) < 4.78 is 2.12. The van der Waals surface area contributed by atoms with Gasteiger partial charge in [0.25, 0.3) is 0 Å². The molecule has 4 nitrogen and oxygen atoms in total. The molecule has 96 valence electrons. The first-order valence-electron chi connectivity index (χ1n) is 6.56. The summed E-state index contributed by atoms with van der Waals surface area (Å²) in [7, 11) is 0. The number of aryl methyl sites for hydroxylation is 1. The van der Waals surface area contributed by atoms with E-state index in [1.807, 2.05) is 12.1 Å². The van der Waals surface area contributed by atoms with E-state index in [0.717, 1.165) is 30.9 Å². The van der Waals surface area contributed by atoms with Gasteiger partial charge in [-0.05, 0) is 38.4 Å². The zero-order chi connectivity index (χ0) is 12.5. The lowest BCUT2D eigenvalue weighted by Crippen LogP contribution is -2.31. The molecule has 3 heterocycles. The van der Waals surface area contributed by atoms with Gasteiger partial charge in [0, 0.05) is 24.5 Å². The molecule has 0 unspecified atom stereocenters. The number of fused-ring (bicyclic) bond motifs is 1. The first-order valence-corrected chi connectivity index (χ1v) is 6.56. The SMILES string of the molecule is Cc1cccc2nc(CN3CCC[C@@H]3CO)cn12. The molecule has 1 aliphatic heterocycles. The van der Waals surface area contributed by atoms with Gasteiger partial charge in [-0.25, -0.2) is 4.98 Å². The summed E-state index contributed by atoms with van der Waals surface area (Å²) in [6.45, 7) is 4.25. The van der Waals surface area contributed by atoms with Crippen molar-refractivity contribution >= 4 is 5.65 Å². The number of nitrogens with zero attached hydrogens (tertiary/aromatic N) is 3. The Balaban J connectivity index is 1.84. The molecule has 1 fully saturated rings. The normalized spacial score (nSPS) is 20.9. The Morgan fingerprint density at radius 2 is 2.33 bits per heavy atom. The molecule has 1 saturated heterocycles. The van der Waals surface area contributed by atoms with Crippen LogP contribution in [0.2, 0.25) is 0 Å². The highest BCUT2D eigenvalue weighted by molar-refractivity contribution is 5.41. The van der Waals surface area contributed by atoms with Crippen molar-refractivity contribution in [3.63, 3.8) is 0 Å². The van der Waals surface area contributed by atoms with Gasteiger partial charge in [-0.2, -0.15) is 0 Å². The minimum atomic E-state index is 0.256. The van der Waals surface area contributed by atoms with Crippen molar-refractivity contribution in [3.8, 4) is 0 Å². The third-order valence-electron chi connectivity index (χ3n) is 3.82. The predicted molar refractivity (Wildman–Crippen MR) is 70.4 cm³/mol. The lowest BCUT2D eigenvalue weighted by atomic mass is 10.2. The fourth-order valence-corrected chi connectivity index (χ4v) is 2.79. The minimum absolute atomic E-state index is 0.256. The van der Waals surface area contributed by atoms with Gasteiger partial charge in [0.05, 0.1) is 12.3 Å². The van der Waals surface area contributed by atoms with Crippen LogP contribution >= 0.6 is 0 Å². The van der Waals surface area contributed by atoms with Gasteiger partial charge in [-0.15, -0.1) is 0 Å². The summed E-state index contributed by atoms with van der Waals surface area (Å²) >= 11 is 0. The summed E-state index contributed by atoms with van der Waals surface area (Å²) in [4.78, 5) is 6.98. The zero-order valence-electron chi connectivity index (χ0n) is 10.7. The molecule has 0 saturated carbocycles.